The Morgan fingerprint density at radius 1 is 1.31 bits per heavy atom. The predicted octanol–water partition coefficient (Wildman–Crippen LogP) is 2.16. The van der Waals surface area contributed by atoms with Crippen LogP contribution < -0.4 is 10.5 Å². The molecule has 1 aromatic carbocycles. The second kappa shape index (κ2) is 4.49. The zero-order valence-electron chi connectivity index (χ0n) is 9.18. The first-order valence-corrected chi connectivity index (χ1v) is 5.61. The number of benzene rings is 1. The van der Waals surface area contributed by atoms with Gasteiger partial charge in [-0.05, 0) is 24.3 Å². The third-order valence-corrected chi connectivity index (χ3v) is 3.11. The fraction of sp³-hybridized carbons (Fsp3) is 0.182. The van der Waals surface area contributed by atoms with E-state index in [0.29, 0.717) is 5.69 Å². The molecular weight excluding hydrogens is 222 g/mol. The summed E-state index contributed by atoms with van der Waals surface area (Å²) in [5.74, 6) is 0.846. The van der Waals surface area contributed by atoms with Gasteiger partial charge in [0, 0.05) is 18.1 Å². The largest absolute Gasteiger partial charge is 0.497 e. The summed E-state index contributed by atoms with van der Waals surface area (Å²) in [6.07, 6.45) is 1.80. The van der Waals surface area contributed by atoms with Crippen molar-refractivity contribution in [1.82, 2.24) is 9.78 Å². The molecule has 2 rings (SSSR count). The van der Waals surface area contributed by atoms with Crippen LogP contribution in [0.25, 0.3) is 0 Å². The molecule has 1 aromatic heterocycles. The van der Waals surface area contributed by atoms with Gasteiger partial charge in [-0.2, -0.15) is 5.10 Å². The summed E-state index contributed by atoms with van der Waals surface area (Å²) in [5, 5.41) is 5.10. The minimum Gasteiger partial charge on any atom is -0.497 e. The second-order valence-corrected chi connectivity index (χ2v) is 4.40. The Balaban J connectivity index is 2.17. The number of hydrogen-bond donors (Lipinski definition) is 1. The Morgan fingerprint density at radius 3 is 2.50 bits per heavy atom. The third-order valence-electron chi connectivity index (χ3n) is 2.10. The first kappa shape index (κ1) is 10.9. The molecule has 1 heterocycles. The molecule has 84 valence electrons. The van der Waals surface area contributed by atoms with E-state index in [1.807, 2.05) is 31.3 Å². The molecule has 0 saturated heterocycles. The number of rotatable bonds is 3. The first-order chi connectivity index (χ1) is 7.69. The molecule has 5 heteroatoms. The summed E-state index contributed by atoms with van der Waals surface area (Å²) in [6.45, 7) is 0. The van der Waals surface area contributed by atoms with Crippen LogP contribution in [0.5, 0.6) is 5.75 Å². The molecule has 0 atom stereocenters. The van der Waals surface area contributed by atoms with Gasteiger partial charge >= 0.3 is 0 Å². The van der Waals surface area contributed by atoms with Crippen molar-refractivity contribution in [1.29, 1.82) is 0 Å². The summed E-state index contributed by atoms with van der Waals surface area (Å²) in [5.41, 5.74) is 6.51. The second-order valence-electron chi connectivity index (χ2n) is 3.34. The molecule has 0 fully saturated rings. The van der Waals surface area contributed by atoms with Crippen LogP contribution >= 0.6 is 11.8 Å². The molecule has 0 aliphatic carbocycles. The lowest BCUT2D eigenvalue weighted by atomic mass is 10.3. The zero-order chi connectivity index (χ0) is 11.5. The van der Waals surface area contributed by atoms with E-state index < -0.39 is 0 Å². The predicted molar refractivity (Wildman–Crippen MR) is 64.7 cm³/mol. The van der Waals surface area contributed by atoms with Gasteiger partial charge in [0.05, 0.1) is 12.8 Å². The molecular formula is C11H13N3OS. The van der Waals surface area contributed by atoms with Gasteiger partial charge in [0.15, 0.2) is 0 Å². The van der Waals surface area contributed by atoms with Crippen molar-refractivity contribution in [2.45, 2.75) is 9.92 Å². The monoisotopic (exact) mass is 235 g/mol. The molecule has 0 radical (unpaired) electrons. The minimum atomic E-state index is 0.698. The number of nitrogens with zero attached hydrogens (tertiary/aromatic N) is 2. The van der Waals surface area contributed by atoms with Crippen LogP contribution in [-0.4, -0.2) is 16.9 Å². The molecule has 4 nitrogen and oxygen atoms in total. The normalized spacial score (nSPS) is 10.4. The number of nitrogens with two attached hydrogens (primary N) is 1. The Hall–Kier alpha value is -1.62. The number of ether oxygens (including phenoxy) is 1. The van der Waals surface area contributed by atoms with Crippen LogP contribution in [0.15, 0.2) is 40.4 Å². The number of anilines is 1. The summed E-state index contributed by atoms with van der Waals surface area (Å²) in [7, 11) is 3.51. The van der Waals surface area contributed by atoms with E-state index in [4.69, 9.17) is 10.5 Å². The third kappa shape index (κ3) is 2.30. The lowest BCUT2D eigenvalue weighted by molar-refractivity contribution is 0.414. The van der Waals surface area contributed by atoms with Gasteiger partial charge in [-0.15, -0.1) is 0 Å². The van der Waals surface area contributed by atoms with Crippen LogP contribution in [0, 0.1) is 0 Å². The van der Waals surface area contributed by atoms with Gasteiger partial charge < -0.3 is 10.5 Å². The summed E-state index contributed by atoms with van der Waals surface area (Å²) < 4.78 is 6.80. The van der Waals surface area contributed by atoms with Gasteiger partial charge in [0.25, 0.3) is 0 Å². The van der Waals surface area contributed by atoms with Crippen molar-refractivity contribution in [2.75, 3.05) is 12.8 Å². The average Bonchev–Trinajstić information content (AvgIpc) is 2.59. The lowest BCUT2D eigenvalue weighted by Gasteiger charge is -2.01. The molecule has 2 aromatic rings. The highest BCUT2D eigenvalue weighted by molar-refractivity contribution is 7.99. The summed E-state index contributed by atoms with van der Waals surface area (Å²) in [4.78, 5) is 1.09. The van der Waals surface area contributed by atoms with Gasteiger partial charge in [-0.25, -0.2) is 0 Å². The van der Waals surface area contributed by atoms with Crippen LogP contribution in [0.2, 0.25) is 0 Å². The lowest BCUT2D eigenvalue weighted by Crippen LogP contribution is -1.86. The number of aromatic nitrogens is 2. The maximum absolute atomic E-state index is 5.82. The molecule has 0 saturated carbocycles. The van der Waals surface area contributed by atoms with E-state index in [-0.39, 0.29) is 0 Å². The quantitative estimate of drug-likeness (QED) is 0.885. The Bertz CT molecular complexity index is 478. The number of hydrogen-bond acceptors (Lipinski definition) is 4. The van der Waals surface area contributed by atoms with Gasteiger partial charge in [-0.1, -0.05) is 11.8 Å². The smallest absolute Gasteiger partial charge is 0.146 e. The van der Waals surface area contributed by atoms with E-state index in [1.54, 1.807) is 29.8 Å². The summed E-state index contributed by atoms with van der Waals surface area (Å²) in [6, 6.07) is 7.80. The van der Waals surface area contributed by atoms with Crippen LogP contribution in [0.3, 0.4) is 0 Å². The van der Waals surface area contributed by atoms with Crippen molar-refractivity contribution in [3.8, 4) is 5.75 Å². The minimum absolute atomic E-state index is 0.698. The molecule has 16 heavy (non-hydrogen) atoms. The van der Waals surface area contributed by atoms with E-state index in [2.05, 4.69) is 5.10 Å². The van der Waals surface area contributed by atoms with Crippen molar-refractivity contribution in [3.05, 3.63) is 30.5 Å². The van der Waals surface area contributed by atoms with E-state index in [9.17, 15) is 0 Å². The molecule has 0 aliphatic rings. The topological polar surface area (TPSA) is 53.1 Å². The van der Waals surface area contributed by atoms with Crippen molar-refractivity contribution >= 4 is 17.4 Å². The van der Waals surface area contributed by atoms with Crippen LogP contribution in [0.4, 0.5) is 5.69 Å². The van der Waals surface area contributed by atoms with E-state index >= 15 is 0 Å². The van der Waals surface area contributed by atoms with Crippen LogP contribution in [0.1, 0.15) is 0 Å². The zero-order valence-corrected chi connectivity index (χ0v) is 9.99. The Kier molecular flexibility index (Phi) is 3.05. The van der Waals surface area contributed by atoms with Crippen molar-refractivity contribution in [3.63, 3.8) is 0 Å². The maximum Gasteiger partial charge on any atom is 0.146 e. The molecule has 0 aliphatic heterocycles. The van der Waals surface area contributed by atoms with E-state index in [1.165, 1.54) is 0 Å². The van der Waals surface area contributed by atoms with E-state index in [0.717, 1.165) is 15.7 Å². The van der Waals surface area contributed by atoms with Gasteiger partial charge in [0.1, 0.15) is 10.8 Å². The molecule has 0 amide bonds. The number of nitrogen functional groups attached to an aromatic ring is 1. The highest BCUT2D eigenvalue weighted by atomic mass is 32.2. The van der Waals surface area contributed by atoms with Gasteiger partial charge in [0.2, 0.25) is 0 Å². The molecule has 0 unspecified atom stereocenters. The van der Waals surface area contributed by atoms with Crippen molar-refractivity contribution < 1.29 is 4.74 Å². The SMILES string of the molecule is COc1ccc(Sc2nn(C)cc2N)cc1. The molecule has 2 N–H and O–H groups in total. The average molecular weight is 235 g/mol. The Labute approximate surface area is 98.4 Å². The maximum atomic E-state index is 5.82. The Morgan fingerprint density at radius 2 is 2.00 bits per heavy atom. The highest BCUT2D eigenvalue weighted by Crippen LogP contribution is 2.31. The van der Waals surface area contributed by atoms with Crippen LogP contribution in [-0.2, 0) is 7.05 Å². The fourth-order valence-corrected chi connectivity index (χ4v) is 2.16. The first-order valence-electron chi connectivity index (χ1n) is 4.80. The fourth-order valence-electron chi connectivity index (χ4n) is 1.32. The molecule has 0 bridgehead atoms. The molecule has 0 spiro atoms. The number of aryl methyl sites for hydroxylation is 1. The highest BCUT2D eigenvalue weighted by Gasteiger charge is 2.06. The summed E-state index contributed by atoms with van der Waals surface area (Å²) >= 11 is 1.54. The van der Waals surface area contributed by atoms with Crippen molar-refractivity contribution in [2.24, 2.45) is 7.05 Å². The number of methoxy groups -OCH3 is 1. The standard InChI is InChI=1S/C11H13N3OS/c1-14-7-10(12)11(13-14)16-9-5-3-8(15-2)4-6-9/h3-7H,12H2,1-2H3. The van der Waals surface area contributed by atoms with Gasteiger partial charge in [-0.3, -0.25) is 4.68 Å².